The molecule has 0 aromatic carbocycles. The first-order valence-electron chi connectivity index (χ1n) is 4.84. The minimum Gasteiger partial charge on any atom is -0.393 e. The van der Waals surface area contributed by atoms with Gasteiger partial charge in [0.2, 0.25) is 5.91 Å². The molecule has 1 N–H and O–H groups in total. The van der Waals surface area contributed by atoms with E-state index < -0.39 is 0 Å². The van der Waals surface area contributed by atoms with Crippen molar-refractivity contribution in [3.8, 4) is 0 Å². The molecular formula is C10H15NO2. The molecule has 1 amide bonds. The first-order valence-corrected chi connectivity index (χ1v) is 4.84. The zero-order valence-electron chi connectivity index (χ0n) is 7.92. The van der Waals surface area contributed by atoms with Gasteiger partial charge < -0.3 is 10.0 Å². The predicted molar refractivity (Wildman–Crippen MR) is 48.9 cm³/mol. The summed E-state index contributed by atoms with van der Waals surface area (Å²) in [6.07, 6.45) is 3.72. The number of nitrogens with zero attached hydrogens (tertiary/aromatic N) is 1. The number of carbonyl (C=O) groups is 1. The van der Waals surface area contributed by atoms with Crippen molar-refractivity contribution in [3.05, 3.63) is 11.3 Å². The smallest absolute Gasteiger partial charge is 0.226 e. The van der Waals surface area contributed by atoms with Gasteiger partial charge in [0.1, 0.15) is 0 Å². The highest BCUT2D eigenvalue weighted by molar-refractivity contribution is 5.79. The minimum atomic E-state index is -0.180. The van der Waals surface area contributed by atoms with E-state index in [0.29, 0.717) is 6.42 Å². The van der Waals surface area contributed by atoms with Crippen LogP contribution in [0.1, 0.15) is 32.1 Å². The number of amides is 1. The van der Waals surface area contributed by atoms with Crippen LogP contribution in [0.25, 0.3) is 0 Å². The van der Waals surface area contributed by atoms with Crippen LogP contribution in [0.3, 0.4) is 0 Å². The lowest BCUT2D eigenvalue weighted by atomic mass is 9.88. The molecule has 3 heteroatoms. The summed E-state index contributed by atoms with van der Waals surface area (Å²) in [4.78, 5) is 13.1. The van der Waals surface area contributed by atoms with Crippen LogP contribution in [0, 0.1) is 0 Å². The van der Waals surface area contributed by atoms with Gasteiger partial charge >= 0.3 is 0 Å². The lowest BCUT2D eigenvalue weighted by Gasteiger charge is -2.33. The summed E-state index contributed by atoms with van der Waals surface area (Å²) in [5.41, 5.74) is 2.46. The normalized spacial score (nSPS) is 29.2. The van der Waals surface area contributed by atoms with Gasteiger partial charge in [0.25, 0.3) is 0 Å². The number of carbonyl (C=O) groups excluding carboxylic acids is 1. The zero-order valence-corrected chi connectivity index (χ0v) is 7.92. The molecule has 1 unspecified atom stereocenters. The molecule has 0 aromatic heterocycles. The van der Waals surface area contributed by atoms with Gasteiger partial charge in [-0.05, 0) is 31.3 Å². The molecule has 1 atom stereocenters. The van der Waals surface area contributed by atoms with Crippen molar-refractivity contribution in [2.75, 3.05) is 7.05 Å². The van der Waals surface area contributed by atoms with Crippen molar-refractivity contribution in [1.29, 1.82) is 0 Å². The number of hydrogen-bond acceptors (Lipinski definition) is 2. The van der Waals surface area contributed by atoms with Crippen LogP contribution in [-0.2, 0) is 4.79 Å². The van der Waals surface area contributed by atoms with Gasteiger partial charge in [-0.1, -0.05) is 0 Å². The van der Waals surface area contributed by atoms with E-state index in [4.69, 9.17) is 0 Å². The summed E-state index contributed by atoms with van der Waals surface area (Å²) in [5.74, 6) is 0.218. The van der Waals surface area contributed by atoms with Gasteiger partial charge in [-0.25, -0.2) is 0 Å². The van der Waals surface area contributed by atoms with Crippen molar-refractivity contribution in [3.63, 3.8) is 0 Å². The van der Waals surface area contributed by atoms with Gasteiger partial charge in [-0.2, -0.15) is 0 Å². The van der Waals surface area contributed by atoms with E-state index in [9.17, 15) is 9.90 Å². The third kappa shape index (κ3) is 1.48. The van der Waals surface area contributed by atoms with E-state index in [0.717, 1.165) is 25.7 Å². The first kappa shape index (κ1) is 8.75. The van der Waals surface area contributed by atoms with Crippen molar-refractivity contribution < 1.29 is 9.90 Å². The first-order chi connectivity index (χ1) is 6.18. The lowest BCUT2D eigenvalue weighted by Crippen LogP contribution is -2.34. The van der Waals surface area contributed by atoms with E-state index in [1.807, 2.05) is 7.05 Å². The van der Waals surface area contributed by atoms with Crippen LogP contribution in [-0.4, -0.2) is 29.1 Å². The highest BCUT2D eigenvalue weighted by atomic mass is 16.3. The second kappa shape index (κ2) is 3.14. The van der Waals surface area contributed by atoms with Crippen LogP contribution in [0.15, 0.2) is 11.3 Å². The number of aliphatic hydroxyl groups excluding tert-OH is 1. The maximum atomic E-state index is 11.4. The molecule has 1 heterocycles. The highest BCUT2D eigenvalue weighted by Gasteiger charge is 2.28. The average Bonchev–Trinajstić information content (AvgIpc) is 2.12. The fraction of sp³-hybridized carbons (Fsp3) is 0.700. The second-order valence-corrected chi connectivity index (χ2v) is 3.90. The molecule has 3 nitrogen and oxygen atoms in total. The molecule has 1 aliphatic carbocycles. The lowest BCUT2D eigenvalue weighted by molar-refractivity contribution is -0.129. The molecule has 0 fully saturated rings. The Balaban J connectivity index is 2.25. The molecule has 0 aromatic rings. The van der Waals surface area contributed by atoms with Gasteiger partial charge in [0.15, 0.2) is 0 Å². The summed E-state index contributed by atoms with van der Waals surface area (Å²) in [5, 5.41) is 9.46. The Morgan fingerprint density at radius 2 is 2.15 bits per heavy atom. The van der Waals surface area contributed by atoms with Crippen LogP contribution in [0.5, 0.6) is 0 Å². The fourth-order valence-electron chi connectivity index (χ4n) is 2.21. The monoisotopic (exact) mass is 181 g/mol. The predicted octanol–water partition coefficient (Wildman–Crippen LogP) is 1.04. The Bertz CT molecular complexity index is 270. The van der Waals surface area contributed by atoms with Gasteiger partial charge in [0, 0.05) is 19.2 Å². The molecule has 2 aliphatic rings. The third-order valence-corrected chi connectivity index (χ3v) is 3.02. The Kier molecular flexibility index (Phi) is 2.12. The van der Waals surface area contributed by atoms with Gasteiger partial charge in [0.05, 0.1) is 6.10 Å². The summed E-state index contributed by atoms with van der Waals surface area (Å²) in [7, 11) is 1.84. The molecule has 0 bridgehead atoms. The summed E-state index contributed by atoms with van der Waals surface area (Å²) in [6, 6.07) is 0. The highest BCUT2D eigenvalue weighted by Crippen LogP contribution is 2.33. The Hall–Kier alpha value is -0.830. The third-order valence-electron chi connectivity index (χ3n) is 3.02. The van der Waals surface area contributed by atoms with Gasteiger partial charge in [-0.15, -0.1) is 0 Å². The molecule has 0 spiro atoms. The maximum absolute atomic E-state index is 11.4. The number of allylic oxidation sites excluding steroid dienone is 1. The van der Waals surface area contributed by atoms with Crippen molar-refractivity contribution in [2.45, 2.75) is 38.2 Å². The minimum absolute atomic E-state index is 0.180. The Morgan fingerprint density at radius 3 is 2.92 bits per heavy atom. The van der Waals surface area contributed by atoms with E-state index in [-0.39, 0.29) is 12.0 Å². The van der Waals surface area contributed by atoms with E-state index in [1.54, 1.807) is 4.90 Å². The number of aliphatic hydroxyl groups is 1. The molecule has 0 saturated heterocycles. The standard InChI is InChI=1S/C10H15NO2/c1-11-9-4-3-8(12)6-7(9)2-5-10(11)13/h8,12H,2-6H2,1H3. The van der Waals surface area contributed by atoms with E-state index in [1.165, 1.54) is 11.3 Å². The van der Waals surface area contributed by atoms with Crippen molar-refractivity contribution >= 4 is 5.91 Å². The summed E-state index contributed by atoms with van der Waals surface area (Å²) in [6.45, 7) is 0. The summed E-state index contributed by atoms with van der Waals surface area (Å²) < 4.78 is 0. The molecule has 0 radical (unpaired) electrons. The molecule has 2 rings (SSSR count). The van der Waals surface area contributed by atoms with Crippen molar-refractivity contribution in [2.24, 2.45) is 0 Å². The fourth-order valence-corrected chi connectivity index (χ4v) is 2.21. The molecule has 13 heavy (non-hydrogen) atoms. The van der Waals surface area contributed by atoms with Gasteiger partial charge in [-0.3, -0.25) is 4.79 Å². The average molecular weight is 181 g/mol. The molecule has 0 saturated carbocycles. The quantitative estimate of drug-likeness (QED) is 0.606. The molecular weight excluding hydrogens is 166 g/mol. The SMILES string of the molecule is CN1C(=O)CCC2=C1CCC(O)C2. The maximum Gasteiger partial charge on any atom is 0.226 e. The van der Waals surface area contributed by atoms with Crippen LogP contribution in [0.2, 0.25) is 0 Å². The largest absolute Gasteiger partial charge is 0.393 e. The summed E-state index contributed by atoms with van der Waals surface area (Å²) >= 11 is 0. The number of hydrogen-bond donors (Lipinski definition) is 1. The Morgan fingerprint density at radius 1 is 1.38 bits per heavy atom. The molecule has 1 aliphatic heterocycles. The molecule has 72 valence electrons. The van der Waals surface area contributed by atoms with Crippen LogP contribution >= 0.6 is 0 Å². The number of rotatable bonds is 0. The Labute approximate surface area is 78.0 Å². The van der Waals surface area contributed by atoms with Crippen LogP contribution in [0.4, 0.5) is 0 Å². The topological polar surface area (TPSA) is 40.5 Å². The van der Waals surface area contributed by atoms with E-state index in [2.05, 4.69) is 0 Å². The van der Waals surface area contributed by atoms with Crippen molar-refractivity contribution in [1.82, 2.24) is 4.90 Å². The zero-order chi connectivity index (χ0) is 9.42. The van der Waals surface area contributed by atoms with Crippen LogP contribution < -0.4 is 0 Å². The van der Waals surface area contributed by atoms with E-state index >= 15 is 0 Å². The second-order valence-electron chi connectivity index (χ2n) is 3.90.